The van der Waals surface area contributed by atoms with Crippen molar-refractivity contribution < 1.29 is 4.74 Å². The van der Waals surface area contributed by atoms with Gasteiger partial charge < -0.3 is 15.4 Å². The fraction of sp³-hybridized carbons (Fsp3) is 0.375. The van der Waals surface area contributed by atoms with Crippen molar-refractivity contribution in [1.82, 2.24) is 9.97 Å². The Balaban J connectivity index is 2.15. The lowest BCUT2D eigenvalue weighted by molar-refractivity contribution is 0.210. The fourth-order valence-electron chi connectivity index (χ4n) is 2.10. The highest BCUT2D eigenvalue weighted by Crippen LogP contribution is 2.21. The van der Waals surface area contributed by atoms with Crippen LogP contribution in [0.4, 0.5) is 17.3 Å². The number of ether oxygens (including phenoxy) is 1. The number of hydrogen-bond acceptors (Lipinski definition) is 5. The molecule has 1 aromatic carbocycles. The van der Waals surface area contributed by atoms with E-state index < -0.39 is 0 Å². The highest BCUT2D eigenvalue weighted by Gasteiger charge is 2.04. The van der Waals surface area contributed by atoms with E-state index in [2.05, 4.69) is 52.6 Å². The fourth-order valence-corrected chi connectivity index (χ4v) is 2.10. The molecule has 0 fully saturated rings. The van der Waals surface area contributed by atoms with Crippen molar-refractivity contribution in [3.8, 4) is 0 Å². The van der Waals surface area contributed by atoms with Gasteiger partial charge in [0.2, 0.25) is 0 Å². The lowest BCUT2D eigenvalue weighted by Gasteiger charge is -2.12. The number of anilines is 3. The van der Waals surface area contributed by atoms with Crippen molar-refractivity contribution >= 4 is 17.3 Å². The summed E-state index contributed by atoms with van der Waals surface area (Å²) >= 11 is 0. The second-order valence-corrected chi connectivity index (χ2v) is 5.05. The average Bonchev–Trinajstić information content (AvgIpc) is 2.42. The summed E-state index contributed by atoms with van der Waals surface area (Å²) in [7, 11) is 1.68. The molecule has 0 bridgehead atoms. The van der Waals surface area contributed by atoms with Crippen LogP contribution in [-0.4, -0.2) is 30.2 Å². The maximum atomic E-state index is 5.03. The number of methoxy groups -OCH3 is 1. The molecule has 1 aromatic heterocycles. The SMILES string of the molecule is COCCNc1cc(Nc2ccc(C)cc2C)nc(C)n1. The van der Waals surface area contributed by atoms with Crippen LogP contribution in [0.25, 0.3) is 0 Å². The number of aromatic nitrogens is 2. The van der Waals surface area contributed by atoms with Gasteiger partial charge in [0.1, 0.15) is 17.5 Å². The molecule has 5 nitrogen and oxygen atoms in total. The summed E-state index contributed by atoms with van der Waals surface area (Å²) in [6, 6.07) is 8.21. The number of nitrogens with zero attached hydrogens (tertiary/aromatic N) is 2. The lowest BCUT2D eigenvalue weighted by Crippen LogP contribution is -2.10. The Bertz CT molecular complexity index is 613. The second kappa shape index (κ2) is 7.04. The van der Waals surface area contributed by atoms with Crippen LogP contribution in [0.15, 0.2) is 24.3 Å². The van der Waals surface area contributed by atoms with Crippen LogP contribution in [0.2, 0.25) is 0 Å². The molecule has 0 amide bonds. The molecule has 21 heavy (non-hydrogen) atoms. The van der Waals surface area contributed by atoms with Gasteiger partial charge in [0.05, 0.1) is 6.61 Å². The predicted octanol–water partition coefficient (Wildman–Crippen LogP) is 3.20. The number of hydrogen-bond donors (Lipinski definition) is 2. The number of rotatable bonds is 6. The molecule has 5 heteroatoms. The molecule has 2 rings (SSSR count). The van der Waals surface area contributed by atoms with Crippen LogP contribution in [0, 0.1) is 20.8 Å². The third kappa shape index (κ3) is 4.43. The Labute approximate surface area is 125 Å². The van der Waals surface area contributed by atoms with E-state index in [1.54, 1.807) is 7.11 Å². The lowest BCUT2D eigenvalue weighted by atomic mass is 10.1. The van der Waals surface area contributed by atoms with E-state index in [1.807, 2.05) is 13.0 Å². The summed E-state index contributed by atoms with van der Waals surface area (Å²) in [6.45, 7) is 7.41. The summed E-state index contributed by atoms with van der Waals surface area (Å²) in [5.41, 5.74) is 3.50. The van der Waals surface area contributed by atoms with Crippen LogP contribution in [-0.2, 0) is 4.74 Å². The first-order valence-corrected chi connectivity index (χ1v) is 7.01. The van der Waals surface area contributed by atoms with Gasteiger partial charge in [-0.3, -0.25) is 0 Å². The molecule has 0 spiro atoms. The summed E-state index contributed by atoms with van der Waals surface area (Å²) in [5.74, 6) is 2.31. The minimum Gasteiger partial charge on any atom is -0.383 e. The van der Waals surface area contributed by atoms with E-state index in [4.69, 9.17) is 4.74 Å². The Morgan fingerprint density at radius 3 is 2.52 bits per heavy atom. The van der Waals surface area contributed by atoms with Crippen LogP contribution in [0.1, 0.15) is 17.0 Å². The zero-order chi connectivity index (χ0) is 15.2. The molecule has 0 radical (unpaired) electrons. The first-order chi connectivity index (χ1) is 10.1. The summed E-state index contributed by atoms with van der Waals surface area (Å²) in [4.78, 5) is 8.79. The zero-order valence-electron chi connectivity index (χ0n) is 13.0. The van der Waals surface area contributed by atoms with E-state index in [0.717, 1.165) is 29.7 Å². The quantitative estimate of drug-likeness (QED) is 0.799. The molecule has 0 aliphatic rings. The Morgan fingerprint density at radius 2 is 1.81 bits per heavy atom. The van der Waals surface area contributed by atoms with Crippen LogP contribution < -0.4 is 10.6 Å². The van der Waals surface area contributed by atoms with Crippen molar-refractivity contribution in [1.29, 1.82) is 0 Å². The minimum atomic E-state index is 0.642. The molecule has 112 valence electrons. The molecular weight excluding hydrogens is 264 g/mol. The molecule has 1 heterocycles. The number of aryl methyl sites for hydroxylation is 3. The topological polar surface area (TPSA) is 59.1 Å². The van der Waals surface area contributed by atoms with Crippen molar-refractivity contribution in [2.75, 3.05) is 30.9 Å². The Hall–Kier alpha value is -2.14. The number of nitrogens with one attached hydrogen (secondary N) is 2. The van der Waals surface area contributed by atoms with Gasteiger partial charge in [0.25, 0.3) is 0 Å². The molecule has 2 N–H and O–H groups in total. The molecule has 0 unspecified atom stereocenters. The highest BCUT2D eigenvalue weighted by atomic mass is 16.5. The van der Waals surface area contributed by atoms with Crippen molar-refractivity contribution in [2.24, 2.45) is 0 Å². The maximum absolute atomic E-state index is 5.03. The zero-order valence-corrected chi connectivity index (χ0v) is 13.0. The Kier molecular flexibility index (Phi) is 5.11. The summed E-state index contributed by atoms with van der Waals surface area (Å²) < 4.78 is 5.03. The van der Waals surface area contributed by atoms with Gasteiger partial charge in [-0.2, -0.15) is 0 Å². The van der Waals surface area contributed by atoms with Gasteiger partial charge in [0, 0.05) is 25.4 Å². The second-order valence-electron chi connectivity index (χ2n) is 5.05. The largest absolute Gasteiger partial charge is 0.383 e. The van der Waals surface area contributed by atoms with Crippen molar-refractivity contribution in [2.45, 2.75) is 20.8 Å². The van der Waals surface area contributed by atoms with E-state index in [9.17, 15) is 0 Å². The molecule has 0 saturated heterocycles. The standard InChI is InChI=1S/C16H22N4O/c1-11-5-6-14(12(2)9-11)20-16-10-15(17-7-8-21-4)18-13(3)19-16/h5-6,9-10H,7-8H2,1-4H3,(H2,17,18,19,20). The van der Waals surface area contributed by atoms with E-state index in [0.29, 0.717) is 6.61 Å². The van der Waals surface area contributed by atoms with Crippen molar-refractivity contribution in [3.05, 3.63) is 41.2 Å². The smallest absolute Gasteiger partial charge is 0.136 e. The van der Waals surface area contributed by atoms with Crippen LogP contribution in [0.3, 0.4) is 0 Å². The highest BCUT2D eigenvalue weighted by molar-refractivity contribution is 5.62. The van der Waals surface area contributed by atoms with Gasteiger partial charge in [-0.15, -0.1) is 0 Å². The van der Waals surface area contributed by atoms with Gasteiger partial charge in [-0.1, -0.05) is 17.7 Å². The first-order valence-electron chi connectivity index (χ1n) is 7.01. The summed E-state index contributed by atoms with van der Waals surface area (Å²) in [6.07, 6.45) is 0. The predicted molar refractivity (Wildman–Crippen MR) is 86.3 cm³/mol. The third-order valence-corrected chi connectivity index (χ3v) is 3.09. The monoisotopic (exact) mass is 286 g/mol. The summed E-state index contributed by atoms with van der Waals surface area (Å²) in [5, 5.41) is 6.57. The third-order valence-electron chi connectivity index (χ3n) is 3.09. The van der Waals surface area contributed by atoms with Gasteiger partial charge >= 0.3 is 0 Å². The van der Waals surface area contributed by atoms with Crippen LogP contribution >= 0.6 is 0 Å². The molecule has 0 aliphatic heterocycles. The van der Waals surface area contributed by atoms with Gasteiger partial charge in [-0.25, -0.2) is 9.97 Å². The maximum Gasteiger partial charge on any atom is 0.136 e. The van der Waals surface area contributed by atoms with E-state index in [1.165, 1.54) is 11.1 Å². The average molecular weight is 286 g/mol. The van der Waals surface area contributed by atoms with Crippen molar-refractivity contribution in [3.63, 3.8) is 0 Å². The molecule has 0 aliphatic carbocycles. The van der Waals surface area contributed by atoms with Crippen LogP contribution in [0.5, 0.6) is 0 Å². The minimum absolute atomic E-state index is 0.642. The van der Waals surface area contributed by atoms with E-state index in [-0.39, 0.29) is 0 Å². The van der Waals surface area contributed by atoms with Gasteiger partial charge in [0.15, 0.2) is 0 Å². The molecule has 0 atom stereocenters. The molecule has 2 aromatic rings. The Morgan fingerprint density at radius 1 is 1.05 bits per heavy atom. The van der Waals surface area contributed by atoms with E-state index >= 15 is 0 Å². The normalized spacial score (nSPS) is 10.5. The van der Waals surface area contributed by atoms with Gasteiger partial charge in [-0.05, 0) is 32.4 Å². The molecular formula is C16H22N4O. The first kappa shape index (κ1) is 15.3. The molecule has 0 saturated carbocycles. The number of benzene rings is 1.